The third-order valence-corrected chi connectivity index (χ3v) is 3.71. The number of nitro groups is 1. The summed E-state index contributed by atoms with van der Waals surface area (Å²) in [7, 11) is 1.19. The zero-order valence-electron chi connectivity index (χ0n) is 13.9. The van der Waals surface area contributed by atoms with Crippen molar-refractivity contribution in [1.29, 1.82) is 0 Å². The van der Waals surface area contributed by atoms with Crippen molar-refractivity contribution in [1.82, 2.24) is 10.1 Å². The van der Waals surface area contributed by atoms with Crippen molar-refractivity contribution >= 4 is 23.3 Å². The summed E-state index contributed by atoms with van der Waals surface area (Å²) in [5.74, 6) is -0.300. The Morgan fingerprint density at radius 1 is 1.30 bits per heavy atom. The van der Waals surface area contributed by atoms with Gasteiger partial charge in [-0.05, 0) is 24.3 Å². The molecule has 0 aliphatic carbocycles. The molecule has 9 nitrogen and oxygen atoms in total. The second kappa shape index (κ2) is 7.83. The van der Waals surface area contributed by atoms with Crippen molar-refractivity contribution in [2.24, 2.45) is 0 Å². The molecule has 0 N–H and O–H groups in total. The monoisotopic (exact) mass is 389 g/mol. The molecule has 0 bridgehead atoms. The molecule has 3 aromatic rings. The minimum atomic E-state index is -0.687. The number of benzene rings is 2. The van der Waals surface area contributed by atoms with Gasteiger partial charge < -0.3 is 14.0 Å². The van der Waals surface area contributed by atoms with E-state index in [1.165, 1.54) is 19.2 Å². The van der Waals surface area contributed by atoms with Gasteiger partial charge in [-0.15, -0.1) is 0 Å². The number of aromatic nitrogens is 2. The van der Waals surface area contributed by atoms with Crippen LogP contribution < -0.4 is 4.74 Å². The van der Waals surface area contributed by atoms with E-state index in [9.17, 15) is 14.9 Å². The predicted octanol–water partition coefficient (Wildman–Crippen LogP) is 3.66. The number of nitro benzene ring substituents is 1. The first-order chi connectivity index (χ1) is 13.0. The minimum Gasteiger partial charge on any atom is -0.477 e. The summed E-state index contributed by atoms with van der Waals surface area (Å²) in [6.45, 7) is -0.189. The van der Waals surface area contributed by atoms with Gasteiger partial charge in [0.25, 0.3) is 5.89 Å². The quantitative estimate of drug-likeness (QED) is 0.356. The highest BCUT2D eigenvalue weighted by Gasteiger charge is 2.20. The Balaban J connectivity index is 1.77. The summed E-state index contributed by atoms with van der Waals surface area (Å²) in [4.78, 5) is 26.2. The number of carbonyl (C=O) groups excluding carboxylic acids is 1. The van der Waals surface area contributed by atoms with Gasteiger partial charge in [0.1, 0.15) is 0 Å². The van der Waals surface area contributed by atoms with Crippen LogP contribution in [-0.4, -0.2) is 28.1 Å². The number of hydrogen-bond acceptors (Lipinski definition) is 8. The van der Waals surface area contributed by atoms with Crippen molar-refractivity contribution in [3.63, 3.8) is 0 Å². The normalized spacial score (nSPS) is 10.4. The van der Waals surface area contributed by atoms with E-state index in [0.29, 0.717) is 16.4 Å². The first-order valence-corrected chi connectivity index (χ1v) is 7.94. The van der Waals surface area contributed by atoms with E-state index in [-0.39, 0.29) is 29.5 Å². The lowest BCUT2D eigenvalue weighted by Gasteiger charge is -2.05. The van der Waals surface area contributed by atoms with Crippen LogP contribution in [0.4, 0.5) is 5.69 Å². The SMILES string of the molecule is COC(=O)c1ccc(OCc2nc(-c3cccc(Cl)c3)no2)c([N+](=O)[O-])c1. The van der Waals surface area contributed by atoms with E-state index in [1.54, 1.807) is 24.3 Å². The van der Waals surface area contributed by atoms with Crippen LogP contribution in [0.25, 0.3) is 11.4 Å². The molecule has 0 aliphatic rings. The summed E-state index contributed by atoms with van der Waals surface area (Å²) in [5, 5.41) is 15.6. The molecular weight excluding hydrogens is 378 g/mol. The van der Waals surface area contributed by atoms with Crippen LogP contribution in [0, 0.1) is 10.1 Å². The Labute approximate surface area is 157 Å². The Morgan fingerprint density at radius 3 is 2.81 bits per heavy atom. The van der Waals surface area contributed by atoms with Gasteiger partial charge >= 0.3 is 11.7 Å². The fourth-order valence-electron chi connectivity index (χ4n) is 2.22. The molecule has 0 aliphatic heterocycles. The molecular formula is C17H12ClN3O6. The molecule has 0 fully saturated rings. The lowest BCUT2D eigenvalue weighted by molar-refractivity contribution is -0.386. The number of methoxy groups -OCH3 is 1. The lowest BCUT2D eigenvalue weighted by atomic mass is 10.2. The first kappa shape index (κ1) is 18.3. The van der Waals surface area contributed by atoms with Crippen molar-refractivity contribution in [2.45, 2.75) is 6.61 Å². The van der Waals surface area contributed by atoms with E-state index in [0.717, 1.165) is 6.07 Å². The average Bonchev–Trinajstić information content (AvgIpc) is 3.14. The highest BCUT2D eigenvalue weighted by molar-refractivity contribution is 6.30. The van der Waals surface area contributed by atoms with E-state index < -0.39 is 10.9 Å². The van der Waals surface area contributed by atoms with Gasteiger partial charge in [-0.3, -0.25) is 10.1 Å². The van der Waals surface area contributed by atoms with E-state index in [4.69, 9.17) is 20.9 Å². The van der Waals surface area contributed by atoms with Crippen LogP contribution in [0.5, 0.6) is 5.75 Å². The van der Waals surface area contributed by atoms with Crippen LogP contribution in [0.15, 0.2) is 47.0 Å². The number of halogens is 1. The first-order valence-electron chi connectivity index (χ1n) is 7.56. The molecule has 0 saturated heterocycles. The number of carbonyl (C=O) groups is 1. The summed E-state index contributed by atoms with van der Waals surface area (Å²) >= 11 is 5.93. The van der Waals surface area contributed by atoms with Crippen LogP contribution in [-0.2, 0) is 11.3 Å². The molecule has 0 amide bonds. The molecule has 1 aromatic heterocycles. The van der Waals surface area contributed by atoms with E-state index >= 15 is 0 Å². The molecule has 10 heteroatoms. The fraction of sp³-hybridized carbons (Fsp3) is 0.118. The van der Waals surface area contributed by atoms with Crippen LogP contribution in [0.3, 0.4) is 0 Å². The van der Waals surface area contributed by atoms with Gasteiger partial charge in [0.15, 0.2) is 12.4 Å². The van der Waals surface area contributed by atoms with Gasteiger partial charge in [-0.1, -0.05) is 28.9 Å². The van der Waals surface area contributed by atoms with Gasteiger partial charge in [0.2, 0.25) is 5.82 Å². The molecule has 3 rings (SSSR count). The van der Waals surface area contributed by atoms with Crippen LogP contribution >= 0.6 is 11.6 Å². The molecule has 2 aromatic carbocycles. The fourth-order valence-corrected chi connectivity index (χ4v) is 2.42. The van der Waals surface area contributed by atoms with Gasteiger partial charge in [0.05, 0.1) is 17.6 Å². The second-order valence-corrected chi connectivity index (χ2v) is 5.68. The molecule has 0 atom stereocenters. The van der Waals surface area contributed by atoms with Crippen molar-refractivity contribution < 1.29 is 23.7 Å². The zero-order valence-corrected chi connectivity index (χ0v) is 14.7. The second-order valence-electron chi connectivity index (χ2n) is 5.24. The molecule has 0 spiro atoms. The Bertz CT molecular complexity index is 1000. The molecule has 27 heavy (non-hydrogen) atoms. The maximum absolute atomic E-state index is 11.5. The predicted molar refractivity (Wildman–Crippen MR) is 93.5 cm³/mol. The third kappa shape index (κ3) is 4.21. The average molecular weight is 390 g/mol. The highest BCUT2D eigenvalue weighted by Crippen LogP contribution is 2.29. The van der Waals surface area contributed by atoms with Crippen molar-refractivity contribution in [3.8, 4) is 17.1 Å². The number of ether oxygens (including phenoxy) is 2. The topological polar surface area (TPSA) is 118 Å². The maximum atomic E-state index is 11.5. The van der Waals surface area contributed by atoms with Gasteiger partial charge in [-0.25, -0.2) is 4.79 Å². The number of rotatable bonds is 6. The summed E-state index contributed by atoms with van der Waals surface area (Å²) in [6, 6.07) is 10.6. The molecule has 0 unspecified atom stereocenters. The molecule has 0 saturated carbocycles. The Morgan fingerprint density at radius 2 is 2.11 bits per heavy atom. The molecule has 0 radical (unpaired) electrons. The zero-order chi connectivity index (χ0) is 19.4. The van der Waals surface area contributed by atoms with Crippen LogP contribution in [0.2, 0.25) is 5.02 Å². The van der Waals surface area contributed by atoms with E-state index in [1.807, 2.05) is 0 Å². The minimum absolute atomic E-state index is 0.0394. The Hall–Kier alpha value is -3.46. The number of nitrogens with zero attached hydrogens (tertiary/aromatic N) is 3. The van der Waals surface area contributed by atoms with Gasteiger partial charge in [-0.2, -0.15) is 4.98 Å². The smallest absolute Gasteiger partial charge is 0.338 e. The van der Waals surface area contributed by atoms with Crippen molar-refractivity contribution in [3.05, 3.63) is 69.1 Å². The summed E-state index contributed by atoms with van der Waals surface area (Å²) in [5.41, 5.74) is 0.316. The Kier molecular flexibility index (Phi) is 5.32. The maximum Gasteiger partial charge on any atom is 0.338 e. The highest BCUT2D eigenvalue weighted by atomic mass is 35.5. The summed E-state index contributed by atoms with van der Waals surface area (Å²) in [6.07, 6.45) is 0. The van der Waals surface area contributed by atoms with Crippen LogP contribution in [0.1, 0.15) is 16.2 Å². The largest absolute Gasteiger partial charge is 0.477 e. The van der Waals surface area contributed by atoms with Gasteiger partial charge in [0, 0.05) is 16.7 Å². The van der Waals surface area contributed by atoms with E-state index in [2.05, 4.69) is 14.9 Å². The summed E-state index contributed by atoms with van der Waals surface area (Å²) < 4.78 is 15.0. The molecule has 1 heterocycles. The number of hydrogen-bond donors (Lipinski definition) is 0. The molecule has 138 valence electrons. The standard InChI is InChI=1S/C17H12ClN3O6/c1-25-17(22)11-5-6-14(13(8-11)21(23)24)26-9-15-19-16(20-27-15)10-3-2-4-12(18)7-10/h2-8H,9H2,1H3. The van der Waals surface area contributed by atoms with Crippen molar-refractivity contribution in [2.75, 3.05) is 7.11 Å². The lowest BCUT2D eigenvalue weighted by Crippen LogP contribution is -2.04. The third-order valence-electron chi connectivity index (χ3n) is 3.48. The number of esters is 1.